The molecule has 0 aliphatic rings. The Bertz CT molecular complexity index is 1010. The van der Waals surface area contributed by atoms with E-state index in [0.29, 0.717) is 0 Å². The van der Waals surface area contributed by atoms with Crippen LogP contribution in [0.2, 0.25) is 0 Å². The molecule has 4 rings (SSSR count). The Morgan fingerprint density at radius 3 is 2.67 bits per heavy atom. The van der Waals surface area contributed by atoms with Crippen molar-refractivity contribution in [1.82, 2.24) is 29.7 Å². The Kier molecular flexibility index (Phi) is 3.70. The van der Waals surface area contributed by atoms with Crippen LogP contribution in [0.15, 0.2) is 59.2 Å². The first-order chi connectivity index (χ1) is 11.7. The van der Waals surface area contributed by atoms with Crippen LogP contribution >= 0.6 is 11.8 Å². The van der Waals surface area contributed by atoms with Crippen molar-refractivity contribution < 1.29 is 0 Å². The standard InChI is InChI=1S/C17H14N6S/c1-11-3-4-14-13(9-11)16(20-10-19-14)24-17-22-21-15(23(17)2)12-5-7-18-8-6-12/h3-10H,1-2H3. The monoisotopic (exact) mass is 334 g/mol. The predicted molar refractivity (Wildman–Crippen MR) is 92.6 cm³/mol. The van der Waals surface area contributed by atoms with Gasteiger partial charge in [-0.2, -0.15) is 0 Å². The molecule has 118 valence electrons. The van der Waals surface area contributed by atoms with E-state index in [1.165, 1.54) is 17.3 Å². The first-order valence-electron chi connectivity index (χ1n) is 7.41. The van der Waals surface area contributed by atoms with Gasteiger partial charge in [-0.25, -0.2) is 9.97 Å². The second kappa shape index (κ2) is 6.01. The van der Waals surface area contributed by atoms with Crippen molar-refractivity contribution in [1.29, 1.82) is 0 Å². The van der Waals surface area contributed by atoms with E-state index in [9.17, 15) is 0 Å². The van der Waals surface area contributed by atoms with Gasteiger partial charge < -0.3 is 4.57 Å². The normalized spacial score (nSPS) is 11.1. The highest BCUT2D eigenvalue weighted by molar-refractivity contribution is 7.99. The summed E-state index contributed by atoms with van der Waals surface area (Å²) in [6.07, 6.45) is 5.08. The van der Waals surface area contributed by atoms with Gasteiger partial charge in [0.1, 0.15) is 11.4 Å². The number of aromatic nitrogens is 6. The highest BCUT2D eigenvalue weighted by Crippen LogP contribution is 2.31. The van der Waals surface area contributed by atoms with Crippen LogP contribution in [-0.2, 0) is 7.05 Å². The number of rotatable bonds is 3. The topological polar surface area (TPSA) is 69.4 Å². The quantitative estimate of drug-likeness (QED) is 0.536. The Labute approximate surface area is 143 Å². The van der Waals surface area contributed by atoms with Crippen LogP contribution < -0.4 is 0 Å². The molecule has 3 heterocycles. The van der Waals surface area contributed by atoms with Crippen LogP contribution in [0.1, 0.15) is 5.56 Å². The van der Waals surface area contributed by atoms with Crippen LogP contribution in [0, 0.1) is 6.92 Å². The van der Waals surface area contributed by atoms with E-state index in [1.807, 2.05) is 35.9 Å². The summed E-state index contributed by atoms with van der Waals surface area (Å²) in [7, 11) is 1.95. The van der Waals surface area contributed by atoms with Gasteiger partial charge >= 0.3 is 0 Å². The van der Waals surface area contributed by atoms with E-state index in [0.717, 1.165) is 32.5 Å². The van der Waals surface area contributed by atoms with Gasteiger partial charge in [-0.3, -0.25) is 4.98 Å². The number of fused-ring (bicyclic) bond motifs is 1. The molecule has 0 fully saturated rings. The Balaban J connectivity index is 1.75. The molecule has 4 aromatic rings. The smallest absolute Gasteiger partial charge is 0.197 e. The van der Waals surface area contributed by atoms with Crippen LogP contribution in [0.4, 0.5) is 0 Å². The van der Waals surface area contributed by atoms with Gasteiger partial charge in [0.2, 0.25) is 0 Å². The Morgan fingerprint density at radius 1 is 1.00 bits per heavy atom. The molecular formula is C17H14N6S. The predicted octanol–water partition coefficient (Wildman–Crippen LogP) is 3.28. The number of aryl methyl sites for hydroxylation is 1. The Hall–Kier alpha value is -2.80. The molecule has 24 heavy (non-hydrogen) atoms. The zero-order valence-corrected chi connectivity index (χ0v) is 14.0. The molecule has 6 nitrogen and oxygen atoms in total. The van der Waals surface area contributed by atoms with Gasteiger partial charge in [0.15, 0.2) is 11.0 Å². The maximum atomic E-state index is 4.43. The lowest BCUT2D eigenvalue weighted by Gasteiger charge is -2.06. The van der Waals surface area contributed by atoms with Crippen LogP contribution in [0.25, 0.3) is 22.3 Å². The van der Waals surface area contributed by atoms with Gasteiger partial charge in [-0.1, -0.05) is 11.6 Å². The fraction of sp³-hybridized carbons (Fsp3) is 0.118. The lowest BCUT2D eigenvalue weighted by molar-refractivity contribution is 0.792. The lowest BCUT2D eigenvalue weighted by atomic mass is 10.2. The summed E-state index contributed by atoms with van der Waals surface area (Å²) in [5, 5.41) is 11.3. The van der Waals surface area contributed by atoms with Crippen molar-refractivity contribution in [3.05, 3.63) is 54.6 Å². The number of hydrogen-bond donors (Lipinski definition) is 0. The minimum atomic E-state index is 0.781. The maximum absolute atomic E-state index is 4.43. The zero-order valence-electron chi connectivity index (χ0n) is 13.2. The minimum Gasteiger partial charge on any atom is -0.305 e. The van der Waals surface area contributed by atoms with E-state index in [-0.39, 0.29) is 0 Å². The highest BCUT2D eigenvalue weighted by atomic mass is 32.2. The average Bonchev–Trinajstić information content (AvgIpc) is 2.97. The first-order valence-corrected chi connectivity index (χ1v) is 8.23. The van der Waals surface area contributed by atoms with Crippen LogP contribution in [0.5, 0.6) is 0 Å². The third kappa shape index (κ3) is 2.63. The van der Waals surface area contributed by atoms with Gasteiger partial charge in [0.05, 0.1) is 5.52 Å². The van der Waals surface area contributed by atoms with Crippen molar-refractivity contribution in [2.24, 2.45) is 7.05 Å². The molecule has 0 radical (unpaired) electrons. The van der Waals surface area contributed by atoms with E-state index < -0.39 is 0 Å². The van der Waals surface area contributed by atoms with Crippen LogP contribution in [-0.4, -0.2) is 29.7 Å². The SMILES string of the molecule is Cc1ccc2ncnc(Sc3nnc(-c4ccncc4)n3C)c2c1. The molecule has 0 atom stereocenters. The molecule has 1 aromatic carbocycles. The fourth-order valence-corrected chi connectivity index (χ4v) is 3.32. The summed E-state index contributed by atoms with van der Waals surface area (Å²) in [6, 6.07) is 9.99. The van der Waals surface area contributed by atoms with E-state index in [2.05, 4.69) is 38.1 Å². The molecule has 3 aromatic heterocycles. The number of nitrogens with zero attached hydrogens (tertiary/aromatic N) is 6. The molecule has 7 heteroatoms. The highest BCUT2D eigenvalue weighted by Gasteiger charge is 2.14. The first kappa shape index (κ1) is 14.8. The maximum Gasteiger partial charge on any atom is 0.197 e. The summed E-state index contributed by atoms with van der Waals surface area (Å²) >= 11 is 1.49. The van der Waals surface area contributed by atoms with Gasteiger partial charge in [0.25, 0.3) is 0 Å². The molecule has 0 aliphatic heterocycles. The molecule has 0 saturated carbocycles. The van der Waals surface area contributed by atoms with Gasteiger partial charge in [-0.05, 0) is 43.0 Å². The third-order valence-corrected chi connectivity index (χ3v) is 4.77. The molecule has 0 amide bonds. The number of pyridine rings is 1. The molecule has 0 saturated heterocycles. The second-order valence-corrected chi connectivity index (χ2v) is 6.36. The zero-order chi connectivity index (χ0) is 16.5. The second-order valence-electron chi connectivity index (χ2n) is 5.40. The summed E-state index contributed by atoms with van der Waals surface area (Å²) < 4.78 is 1.96. The van der Waals surface area contributed by atoms with Crippen molar-refractivity contribution in [2.45, 2.75) is 17.1 Å². The van der Waals surface area contributed by atoms with Crippen LogP contribution in [0.3, 0.4) is 0 Å². The summed E-state index contributed by atoms with van der Waals surface area (Å²) in [6.45, 7) is 2.06. The third-order valence-electron chi connectivity index (χ3n) is 3.72. The molecular weight excluding hydrogens is 320 g/mol. The molecule has 0 N–H and O–H groups in total. The minimum absolute atomic E-state index is 0.781. The molecule has 0 spiro atoms. The van der Waals surface area contributed by atoms with E-state index >= 15 is 0 Å². The summed E-state index contributed by atoms with van der Waals surface area (Å²) in [5.74, 6) is 0.800. The van der Waals surface area contributed by atoms with Crippen molar-refractivity contribution in [2.75, 3.05) is 0 Å². The molecule has 0 aliphatic carbocycles. The number of hydrogen-bond acceptors (Lipinski definition) is 6. The molecule has 0 bridgehead atoms. The summed E-state index contributed by atoms with van der Waals surface area (Å²) in [4.78, 5) is 12.8. The Morgan fingerprint density at radius 2 is 1.83 bits per heavy atom. The van der Waals surface area contributed by atoms with Gasteiger partial charge in [0, 0.05) is 30.4 Å². The average molecular weight is 334 g/mol. The van der Waals surface area contributed by atoms with Crippen molar-refractivity contribution in [3.63, 3.8) is 0 Å². The van der Waals surface area contributed by atoms with Crippen molar-refractivity contribution in [3.8, 4) is 11.4 Å². The number of benzene rings is 1. The van der Waals surface area contributed by atoms with E-state index in [4.69, 9.17) is 0 Å². The lowest BCUT2D eigenvalue weighted by Crippen LogP contribution is -1.95. The van der Waals surface area contributed by atoms with Gasteiger partial charge in [-0.15, -0.1) is 10.2 Å². The van der Waals surface area contributed by atoms with E-state index in [1.54, 1.807) is 18.7 Å². The summed E-state index contributed by atoms with van der Waals surface area (Å²) in [5.41, 5.74) is 3.08. The van der Waals surface area contributed by atoms with Crippen molar-refractivity contribution >= 4 is 22.7 Å². The largest absolute Gasteiger partial charge is 0.305 e. The fourth-order valence-electron chi connectivity index (χ4n) is 2.47. The molecule has 0 unspecified atom stereocenters.